The maximum Gasteiger partial charge on any atom is 0.389 e. The fraction of sp³-hybridized carbons (Fsp3) is 0.500. The van der Waals surface area contributed by atoms with Crippen LogP contribution in [0.15, 0.2) is 35.1 Å². The molecule has 15 heteroatoms. The third-order valence-corrected chi connectivity index (χ3v) is 10.1. The van der Waals surface area contributed by atoms with Crippen LogP contribution in [0.5, 0.6) is 5.75 Å². The van der Waals surface area contributed by atoms with Gasteiger partial charge in [0.1, 0.15) is 18.2 Å². The van der Waals surface area contributed by atoms with Crippen LogP contribution in [0, 0.1) is 0 Å². The molecule has 3 heterocycles. The Bertz CT molecular complexity index is 1530. The second kappa shape index (κ2) is 13.8. The molecule has 1 aliphatic rings. The highest BCUT2D eigenvalue weighted by Crippen LogP contribution is 2.40. The van der Waals surface area contributed by atoms with Crippen molar-refractivity contribution in [1.29, 1.82) is 0 Å². The Morgan fingerprint density at radius 3 is 2.56 bits per heavy atom. The summed E-state index contributed by atoms with van der Waals surface area (Å²) < 4.78 is 50.5. The van der Waals surface area contributed by atoms with Gasteiger partial charge in [0.25, 0.3) is 5.91 Å². The lowest BCUT2D eigenvalue weighted by molar-refractivity contribution is -0.136. The minimum absolute atomic E-state index is 0.0740. The number of benzene rings is 1. The van der Waals surface area contributed by atoms with Crippen molar-refractivity contribution >= 4 is 48.2 Å². The van der Waals surface area contributed by atoms with Crippen molar-refractivity contribution in [3.05, 3.63) is 61.2 Å². The van der Waals surface area contributed by atoms with Gasteiger partial charge >= 0.3 is 11.9 Å². The van der Waals surface area contributed by atoms with Crippen LogP contribution in [0.1, 0.15) is 47.5 Å². The molecule has 4 rings (SSSR count). The number of ether oxygens (including phenoxy) is 2. The van der Waals surface area contributed by atoms with Crippen molar-refractivity contribution in [1.82, 2.24) is 25.1 Å². The molecular weight excluding hydrogens is 623 g/mol. The van der Waals surface area contributed by atoms with Gasteiger partial charge < -0.3 is 14.8 Å². The second-order valence-electron chi connectivity index (χ2n) is 11.4. The monoisotopic (exact) mass is 657 g/mol. The molecule has 0 bridgehead atoms. The molecule has 1 aromatic carbocycles. The number of aromatic nitrogens is 4. The molecule has 1 aliphatic heterocycles. The Hall–Kier alpha value is -2.94. The molecule has 0 unspecified atom stereocenters. The van der Waals surface area contributed by atoms with E-state index in [4.69, 9.17) is 21.1 Å². The van der Waals surface area contributed by atoms with Gasteiger partial charge in [0.15, 0.2) is 0 Å². The van der Waals surface area contributed by atoms with Crippen molar-refractivity contribution in [2.45, 2.75) is 77.2 Å². The van der Waals surface area contributed by atoms with Gasteiger partial charge in [0, 0.05) is 47.9 Å². The number of nitrogens with zero attached hydrogens (tertiary/aromatic N) is 4. The molecule has 2 aromatic heterocycles. The van der Waals surface area contributed by atoms with Gasteiger partial charge in [-0.2, -0.15) is 22.5 Å². The summed E-state index contributed by atoms with van der Waals surface area (Å²) in [7, 11) is -1.31. The van der Waals surface area contributed by atoms with Crippen molar-refractivity contribution in [3.8, 4) is 5.75 Å². The Morgan fingerprint density at radius 1 is 1.14 bits per heavy atom. The van der Waals surface area contributed by atoms with E-state index in [-0.39, 0.29) is 25.5 Å². The summed E-state index contributed by atoms with van der Waals surface area (Å²) in [5.74, 6) is -0.189. The molecule has 234 valence electrons. The van der Waals surface area contributed by atoms with Crippen LogP contribution >= 0.6 is 22.9 Å². The van der Waals surface area contributed by atoms with Gasteiger partial charge in [-0.15, -0.1) is 11.3 Å². The smallest absolute Gasteiger partial charge is 0.389 e. The number of thiophene rings is 1. The molecule has 0 radical (unpaired) electrons. The number of amides is 1. The minimum atomic E-state index is -4.24. The number of halogens is 4. The number of carbonyl (C=O) groups is 1. The number of hydrogen-bond acceptors (Lipinski definition) is 7. The van der Waals surface area contributed by atoms with Crippen LogP contribution in [0.25, 0.3) is 11.3 Å². The minimum Gasteiger partial charge on any atom is -0.494 e. The van der Waals surface area contributed by atoms with E-state index in [0.29, 0.717) is 34.9 Å². The topological polar surface area (TPSA) is 100 Å². The number of alkyl halides is 3. The third kappa shape index (κ3) is 8.80. The predicted octanol–water partition coefficient (Wildman–Crippen LogP) is 6.38. The first-order chi connectivity index (χ1) is 20.3. The van der Waals surface area contributed by atoms with E-state index >= 15 is 0 Å². The Balaban J connectivity index is 1.59. The molecule has 3 aromatic rings. The zero-order valence-corrected chi connectivity index (χ0v) is 27.0. The molecule has 1 amide bonds. The van der Waals surface area contributed by atoms with Crippen molar-refractivity contribution < 1.29 is 27.4 Å². The number of nitrogens with one attached hydrogen (secondary N) is 1. The average Bonchev–Trinajstić information content (AvgIpc) is 3.54. The van der Waals surface area contributed by atoms with Crippen molar-refractivity contribution in [2.24, 2.45) is 0 Å². The maximum atomic E-state index is 13.6. The van der Waals surface area contributed by atoms with Crippen LogP contribution < -0.4 is 15.7 Å². The summed E-state index contributed by atoms with van der Waals surface area (Å²) in [6.07, 6.45) is -4.23. The van der Waals surface area contributed by atoms with E-state index in [9.17, 15) is 22.8 Å². The standard InChI is InChI=1S/C28H35ClF3N5O4SSi/c1-5-19-8-10-24(42-19)21-16-23(20-9-7-18(15-22(20)29)41-12-6-11-28(30,31)32)33-26(38)25(21)37-27(39)36(34-35-37)17-40-13-14-43(2,3)4/h7-10,15,23H,5-6,11-14,16-17H2,1-4H3,(H,33,38)/t23-/m0/s1. The Kier molecular flexibility index (Phi) is 10.6. The van der Waals surface area contributed by atoms with E-state index in [2.05, 4.69) is 35.4 Å². The number of tetrazole rings is 1. The molecule has 0 saturated heterocycles. The fourth-order valence-electron chi connectivity index (χ4n) is 4.44. The third-order valence-electron chi connectivity index (χ3n) is 6.80. The van der Waals surface area contributed by atoms with Gasteiger partial charge in [-0.3, -0.25) is 4.79 Å². The molecule has 0 fully saturated rings. The quantitative estimate of drug-likeness (QED) is 0.169. The molecule has 9 nitrogen and oxygen atoms in total. The summed E-state index contributed by atoms with van der Waals surface area (Å²) in [6, 6.07) is 9.11. The summed E-state index contributed by atoms with van der Waals surface area (Å²) >= 11 is 8.10. The number of carbonyl (C=O) groups excluding carboxylic acids is 1. The molecule has 0 saturated carbocycles. The largest absolute Gasteiger partial charge is 0.494 e. The van der Waals surface area contributed by atoms with Crippen LogP contribution in [-0.4, -0.2) is 53.2 Å². The summed E-state index contributed by atoms with van der Waals surface area (Å²) in [5, 5.41) is 11.2. The highest BCUT2D eigenvalue weighted by Gasteiger charge is 2.34. The predicted molar refractivity (Wildman–Crippen MR) is 163 cm³/mol. The first-order valence-corrected chi connectivity index (χ1v) is 18.9. The highest BCUT2D eigenvalue weighted by molar-refractivity contribution is 7.13. The lowest BCUT2D eigenvalue weighted by Crippen LogP contribution is -2.39. The van der Waals surface area contributed by atoms with E-state index in [0.717, 1.165) is 31.6 Å². The lowest BCUT2D eigenvalue weighted by Gasteiger charge is -2.28. The van der Waals surface area contributed by atoms with Crippen molar-refractivity contribution in [3.63, 3.8) is 0 Å². The summed E-state index contributed by atoms with van der Waals surface area (Å²) in [4.78, 5) is 28.8. The molecular formula is C28H35ClF3N5O4SSi. The van der Waals surface area contributed by atoms with E-state index in [1.54, 1.807) is 12.1 Å². The van der Waals surface area contributed by atoms with E-state index in [1.165, 1.54) is 17.4 Å². The zero-order chi connectivity index (χ0) is 31.4. The van der Waals surface area contributed by atoms with Crippen LogP contribution in [-0.2, 0) is 22.7 Å². The van der Waals surface area contributed by atoms with Crippen LogP contribution in [0.2, 0.25) is 30.7 Å². The number of rotatable bonds is 13. The molecule has 0 aliphatic carbocycles. The number of aryl methyl sites for hydroxylation is 1. The first kappa shape index (κ1) is 33.0. The van der Waals surface area contributed by atoms with Gasteiger partial charge in [-0.25, -0.2) is 4.79 Å². The van der Waals surface area contributed by atoms with Crippen molar-refractivity contribution in [2.75, 3.05) is 13.2 Å². The molecule has 43 heavy (non-hydrogen) atoms. The molecule has 1 N–H and O–H groups in total. The van der Waals surface area contributed by atoms with Crippen LogP contribution in [0.3, 0.4) is 0 Å². The number of hydrogen-bond donors (Lipinski definition) is 1. The summed E-state index contributed by atoms with van der Waals surface area (Å²) in [5.41, 5.74) is 0.718. The van der Waals surface area contributed by atoms with Gasteiger partial charge in [-0.05, 0) is 59.1 Å². The van der Waals surface area contributed by atoms with Gasteiger partial charge in [0.2, 0.25) is 0 Å². The fourth-order valence-corrected chi connectivity index (χ4v) is 6.50. The Labute approximate surface area is 257 Å². The highest BCUT2D eigenvalue weighted by atomic mass is 35.5. The Morgan fingerprint density at radius 2 is 1.91 bits per heavy atom. The maximum absolute atomic E-state index is 13.6. The zero-order valence-electron chi connectivity index (χ0n) is 24.5. The normalized spacial score (nSPS) is 16.1. The van der Waals surface area contributed by atoms with Gasteiger partial charge in [0.05, 0.1) is 12.6 Å². The van der Waals surface area contributed by atoms with Crippen LogP contribution in [0.4, 0.5) is 13.2 Å². The average molecular weight is 658 g/mol. The van der Waals surface area contributed by atoms with E-state index in [1.807, 2.05) is 19.1 Å². The molecule has 1 atom stereocenters. The second-order valence-corrected chi connectivity index (χ2v) is 18.6. The van der Waals surface area contributed by atoms with Gasteiger partial charge in [-0.1, -0.05) is 44.2 Å². The first-order valence-electron chi connectivity index (χ1n) is 14.0. The SMILES string of the molecule is CCc1ccc(C2=C(n3nnn(COCC[Si](C)(C)C)c3=O)C(=O)N[C@H](c3ccc(OCCCC(F)(F)F)cc3Cl)C2)s1. The molecule has 0 spiro atoms. The summed E-state index contributed by atoms with van der Waals surface area (Å²) in [6.45, 7) is 9.04. The van der Waals surface area contributed by atoms with E-state index < -0.39 is 38.3 Å². The lowest BCUT2D eigenvalue weighted by atomic mass is 9.92.